The third kappa shape index (κ3) is 7.71. The first-order chi connectivity index (χ1) is 11.5. The van der Waals surface area contributed by atoms with Gasteiger partial charge < -0.3 is 31.9 Å². The predicted molar refractivity (Wildman–Crippen MR) is 92.9 cm³/mol. The largest absolute Gasteiger partial charge is 0.480 e. The summed E-state index contributed by atoms with van der Waals surface area (Å²) in [5.41, 5.74) is 5.37. The molecule has 0 aromatic heterocycles. The fraction of sp³-hybridized carbons (Fsp3) is 0.714. The number of carbonyl (C=O) groups excluding carboxylic acids is 3. The van der Waals surface area contributed by atoms with E-state index in [2.05, 4.69) is 28.6 Å². The molecule has 0 saturated heterocycles. The molecule has 7 N–H and O–H groups in total. The molecule has 0 saturated carbocycles. The van der Waals surface area contributed by atoms with Gasteiger partial charge in [0.2, 0.25) is 17.7 Å². The smallest absolute Gasteiger partial charge is 0.326 e. The monoisotopic (exact) mass is 378 g/mol. The molecule has 25 heavy (non-hydrogen) atoms. The van der Waals surface area contributed by atoms with Crippen LogP contribution in [0.2, 0.25) is 0 Å². The standard InChI is InChI=1S/C14H26N4O6S/c1-6(2)10(14(23)24)18-13(22)9(5-25)17-12(21)8(4-19)16-11(20)7(3)15/h6-10,19,25H,4-5,15H2,1-3H3,(H,16,20)(H,17,21)(H,18,22)(H,23,24). The van der Waals surface area contributed by atoms with Gasteiger partial charge in [0.1, 0.15) is 18.1 Å². The average molecular weight is 378 g/mol. The van der Waals surface area contributed by atoms with E-state index in [1.54, 1.807) is 13.8 Å². The lowest BCUT2D eigenvalue weighted by Gasteiger charge is -2.24. The lowest BCUT2D eigenvalue weighted by atomic mass is 10.0. The van der Waals surface area contributed by atoms with Crippen LogP contribution in [-0.2, 0) is 19.2 Å². The van der Waals surface area contributed by atoms with E-state index in [-0.39, 0.29) is 11.7 Å². The van der Waals surface area contributed by atoms with Crippen LogP contribution in [-0.4, -0.2) is 70.4 Å². The number of nitrogens with one attached hydrogen (secondary N) is 3. The minimum atomic E-state index is -1.30. The Hall–Kier alpha value is -1.85. The molecule has 0 aliphatic heterocycles. The summed E-state index contributed by atoms with van der Waals surface area (Å²) in [4.78, 5) is 46.9. The van der Waals surface area contributed by atoms with Crippen LogP contribution in [0.15, 0.2) is 0 Å². The van der Waals surface area contributed by atoms with Gasteiger partial charge in [0, 0.05) is 5.75 Å². The van der Waals surface area contributed by atoms with Crippen molar-refractivity contribution in [2.75, 3.05) is 12.4 Å². The van der Waals surface area contributed by atoms with Crippen molar-refractivity contribution in [2.24, 2.45) is 11.7 Å². The summed E-state index contributed by atoms with van der Waals surface area (Å²) < 4.78 is 0. The van der Waals surface area contributed by atoms with E-state index in [0.29, 0.717) is 0 Å². The number of carbonyl (C=O) groups is 4. The van der Waals surface area contributed by atoms with Crippen molar-refractivity contribution in [3.63, 3.8) is 0 Å². The van der Waals surface area contributed by atoms with Crippen LogP contribution >= 0.6 is 12.6 Å². The highest BCUT2D eigenvalue weighted by Gasteiger charge is 2.30. The summed E-state index contributed by atoms with van der Waals surface area (Å²) in [6.45, 7) is 3.95. The zero-order valence-corrected chi connectivity index (χ0v) is 15.2. The third-order valence-electron chi connectivity index (χ3n) is 3.28. The van der Waals surface area contributed by atoms with Gasteiger partial charge in [-0.15, -0.1) is 0 Å². The Morgan fingerprint density at radius 3 is 1.80 bits per heavy atom. The van der Waals surface area contributed by atoms with Crippen molar-refractivity contribution in [3.8, 4) is 0 Å². The minimum absolute atomic E-state index is 0.110. The maximum absolute atomic E-state index is 12.2. The fourth-order valence-electron chi connectivity index (χ4n) is 1.73. The summed E-state index contributed by atoms with van der Waals surface area (Å²) in [6, 6.07) is -4.45. The number of carboxylic acids is 1. The van der Waals surface area contributed by atoms with E-state index in [1.807, 2.05) is 0 Å². The van der Waals surface area contributed by atoms with Gasteiger partial charge in [0.25, 0.3) is 0 Å². The average Bonchev–Trinajstić information content (AvgIpc) is 2.53. The van der Waals surface area contributed by atoms with Gasteiger partial charge in [-0.25, -0.2) is 4.79 Å². The highest BCUT2D eigenvalue weighted by atomic mass is 32.1. The van der Waals surface area contributed by atoms with Gasteiger partial charge in [-0.3, -0.25) is 14.4 Å². The number of nitrogens with two attached hydrogens (primary N) is 1. The molecular weight excluding hydrogens is 352 g/mol. The Balaban J connectivity index is 4.93. The van der Waals surface area contributed by atoms with Crippen molar-refractivity contribution < 1.29 is 29.4 Å². The first-order valence-electron chi connectivity index (χ1n) is 7.66. The van der Waals surface area contributed by atoms with Crippen LogP contribution in [0.3, 0.4) is 0 Å². The second-order valence-electron chi connectivity index (χ2n) is 5.84. The van der Waals surface area contributed by atoms with Crippen LogP contribution in [0.5, 0.6) is 0 Å². The normalized spacial score (nSPS) is 15.6. The second-order valence-corrected chi connectivity index (χ2v) is 6.21. The highest BCUT2D eigenvalue weighted by molar-refractivity contribution is 7.80. The minimum Gasteiger partial charge on any atom is -0.480 e. The van der Waals surface area contributed by atoms with Gasteiger partial charge in [-0.1, -0.05) is 13.8 Å². The third-order valence-corrected chi connectivity index (χ3v) is 3.64. The molecule has 0 aromatic rings. The Labute approximate surface area is 151 Å². The summed E-state index contributed by atoms with van der Waals surface area (Å²) in [6.07, 6.45) is 0. The van der Waals surface area contributed by atoms with Crippen molar-refractivity contribution in [1.29, 1.82) is 0 Å². The SMILES string of the molecule is CC(N)C(=O)NC(CO)C(=O)NC(CS)C(=O)NC(C(=O)O)C(C)C. The number of rotatable bonds is 10. The molecule has 11 heteroatoms. The van der Waals surface area contributed by atoms with Gasteiger partial charge in [-0.2, -0.15) is 12.6 Å². The van der Waals surface area contributed by atoms with Crippen LogP contribution in [0.4, 0.5) is 0 Å². The molecule has 0 aliphatic rings. The zero-order valence-electron chi connectivity index (χ0n) is 14.4. The van der Waals surface area contributed by atoms with Crippen molar-refractivity contribution in [1.82, 2.24) is 16.0 Å². The Kier molecular flexibility index (Phi) is 10.1. The number of carboxylic acid groups (broad SMARTS) is 1. The molecule has 0 radical (unpaired) electrons. The Morgan fingerprint density at radius 1 is 0.960 bits per heavy atom. The lowest BCUT2D eigenvalue weighted by molar-refractivity contribution is -0.143. The van der Waals surface area contributed by atoms with Crippen molar-refractivity contribution in [2.45, 2.75) is 44.9 Å². The Bertz CT molecular complexity index is 500. The van der Waals surface area contributed by atoms with Gasteiger partial charge >= 0.3 is 5.97 Å². The maximum Gasteiger partial charge on any atom is 0.326 e. The summed E-state index contributed by atoms with van der Waals surface area (Å²) in [5.74, 6) is -3.88. The molecule has 0 bridgehead atoms. The first-order valence-corrected chi connectivity index (χ1v) is 8.29. The molecule has 0 aliphatic carbocycles. The first kappa shape index (κ1) is 23.1. The van der Waals surface area contributed by atoms with E-state index < -0.39 is 54.5 Å². The molecular formula is C14H26N4O6S. The number of hydrogen-bond acceptors (Lipinski definition) is 7. The molecule has 4 unspecified atom stereocenters. The molecule has 0 heterocycles. The number of thiol groups is 1. The molecule has 0 fully saturated rings. The molecule has 10 nitrogen and oxygen atoms in total. The lowest BCUT2D eigenvalue weighted by Crippen LogP contribution is -2.58. The van der Waals surface area contributed by atoms with Crippen LogP contribution in [0, 0.1) is 5.92 Å². The van der Waals surface area contributed by atoms with Crippen LogP contribution in [0.25, 0.3) is 0 Å². The van der Waals surface area contributed by atoms with Crippen LogP contribution in [0.1, 0.15) is 20.8 Å². The van der Waals surface area contributed by atoms with Crippen molar-refractivity contribution in [3.05, 3.63) is 0 Å². The number of aliphatic hydroxyl groups excluding tert-OH is 1. The van der Waals surface area contributed by atoms with Gasteiger partial charge in [-0.05, 0) is 12.8 Å². The van der Waals surface area contributed by atoms with Gasteiger partial charge in [0.15, 0.2) is 0 Å². The van der Waals surface area contributed by atoms with Gasteiger partial charge in [0.05, 0.1) is 12.6 Å². The van der Waals surface area contributed by atoms with Crippen LogP contribution < -0.4 is 21.7 Å². The zero-order chi connectivity index (χ0) is 19.7. The molecule has 0 aromatic carbocycles. The summed E-state index contributed by atoms with van der Waals surface area (Å²) in [5, 5.41) is 25.2. The quantitative estimate of drug-likeness (QED) is 0.205. The topological polar surface area (TPSA) is 171 Å². The number of amides is 3. The van der Waals surface area contributed by atoms with E-state index in [9.17, 15) is 24.3 Å². The number of aliphatic hydroxyl groups is 1. The molecule has 144 valence electrons. The van der Waals surface area contributed by atoms with E-state index in [0.717, 1.165) is 0 Å². The predicted octanol–water partition coefficient (Wildman–Crippen LogP) is -2.55. The summed E-state index contributed by atoms with van der Waals surface area (Å²) >= 11 is 3.96. The fourth-order valence-corrected chi connectivity index (χ4v) is 1.99. The second kappa shape index (κ2) is 10.9. The van der Waals surface area contributed by atoms with E-state index in [1.165, 1.54) is 6.92 Å². The molecule has 0 rings (SSSR count). The molecule has 0 spiro atoms. The highest BCUT2D eigenvalue weighted by Crippen LogP contribution is 2.03. The number of aliphatic carboxylic acids is 1. The Morgan fingerprint density at radius 2 is 1.44 bits per heavy atom. The summed E-state index contributed by atoms with van der Waals surface area (Å²) in [7, 11) is 0. The molecule has 3 amide bonds. The molecule has 4 atom stereocenters. The van der Waals surface area contributed by atoms with E-state index in [4.69, 9.17) is 10.8 Å². The van der Waals surface area contributed by atoms with Crippen molar-refractivity contribution >= 4 is 36.3 Å². The van der Waals surface area contributed by atoms with E-state index >= 15 is 0 Å². The maximum atomic E-state index is 12.2. The number of hydrogen-bond donors (Lipinski definition) is 7.